The minimum atomic E-state index is -0.586. The minimum Gasteiger partial charge on any atom is -0.301 e. The third kappa shape index (κ3) is 4.09. The summed E-state index contributed by atoms with van der Waals surface area (Å²) in [6.07, 6.45) is 0. The van der Waals surface area contributed by atoms with Gasteiger partial charge in [0.25, 0.3) is 0 Å². The predicted octanol–water partition coefficient (Wildman–Crippen LogP) is 1.27. The Morgan fingerprint density at radius 3 is 2.72 bits per heavy atom. The lowest BCUT2D eigenvalue weighted by atomic mass is 9.92. The number of hydrazine groups is 1. The van der Waals surface area contributed by atoms with Crippen molar-refractivity contribution in [2.45, 2.75) is 20.4 Å². The van der Waals surface area contributed by atoms with Crippen LogP contribution in [0.4, 0.5) is 4.39 Å². The highest BCUT2D eigenvalue weighted by Gasteiger charge is 2.28. The molecule has 1 aromatic carbocycles. The van der Waals surface area contributed by atoms with Gasteiger partial charge in [-0.2, -0.15) is 0 Å². The molecule has 18 heavy (non-hydrogen) atoms. The van der Waals surface area contributed by atoms with Crippen molar-refractivity contribution >= 4 is 5.91 Å². The van der Waals surface area contributed by atoms with Crippen LogP contribution in [0.1, 0.15) is 19.4 Å². The summed E-state index contributed by atoms with van der Waals surface area (Å²) in [5, 5.41) is 0. The zero-order chi connectivity index (χ0) is 13.8. The van der Waals surface area contributed by atoms with Gasteiger partial charge in [-0.1, -0.05) is 12.1 Å². The van der Waals surface area contributed by atoms with Gasteiger partial charge in [-0.05, 0) is 38.6 Å². The van der Waals surface area contributed by atoms with E-state index in [0.717, 1.165) is 5.56 Å². The van der Waals surface area contributed by atoms with Gasteiger partial charge in [0, 0.05) is 13.1 Å². The van der Waals surface area contributed by atoms with E-state index in [9.17, 15) is 9.18 Å². The van der Waals surface area contributed by atoms with E-state index in [1.807, 2.05) is 31.9 Å². The van der Waals surface area contributed by atoms with Crippen LogP contribution in [0.3, 0.4) is 0 Å². The maximum absolute atomic E-state index is 13.0. The Balaban J connectivity index is 2.61. The second-order valence-corrected chi connectivity index (χ2v) is 5.16. The summed E-state index contributed by atoms with van der Waals surface area (Å²) in [5.74, 6) is 4.67. The molecule has 0 heterocycles. The number of hydrogen-bond acceptors (Lipinski definition) is 3. The van der Waals surface area contributed by atoms with Crippen LogP contribution in [-0.2, 0) is 11.3 Å². The van der Waals surface area contributed by atoms with Crippen molar-refractivity contribution in [2.75, 3.05) is 13.6 Å². The first-order valence-corrected chi connectivity index (χ1v) is 5.79. The van der Waals surface area contributed by atoms with Crippen LogP contribution >= 0.6 is 0 Å². The van der Waals surface area contributed by atoms with E-state index in [1.54, 1.807) is 6.07 Å². The van der Waals surface area contributed by atoms with Gasteiger partial charge in [0.15, 0.2) is 0 Å². The number of carbonyl (C=O) groups is 1. The maximum atomic E-state index is 13.0. The number of nitrogens with two attached hydrogens (primary N) is 1. The number of benzene rings is 1. The summed E-state index contributed by atoms with van der Waals surface area (Å²) in [6.45, 7) is 4.75. The zero-order valence-corrected chi connectivity index (χ0v) is 11.0. The topological polar surface area (TPSA) is 58.4 Å². The van der Waals surface area contributed by atoms with Gasteiger partial charge in [-0.3, -0.25) is 10.2 Å². The lowest BCUT2D eigenvalue weighted by Crippen LogP contribution is -2.46. The molecule has 0 spiro atoms. The van der Waals surface area contributed by atoms with Gasteiger partial charge in [-0.15, -0.1) is 0 Å². The maximum Gasteiger partial charge on any atom is 0.240 e. The van der Waals surface area contributed by atoms with Gasteiger partial charge in [0.05, 0.1) is 5.41 Å². The van der Waals surface area contributed by atoms with Crippen molar-refractivity contribution in [3.05, 3.63) is 35.6 Å². The Kier molecular flexibility index (Phi) is 4.81. The molecule has 100 valence electrons. The Morgan fingerprint density at radius 2 is 2.17 bits per heavy atom. The van der Waals surface area contributed by atoms with Crippen molar-refractivity contribution in [2.24, 2.45) is 11.3 Å². The molecule has 0 aliphatic rings. The average molecular weight is 253 g/mol. The van der Waals surface area contributed by atoms with E-state index in [0.29, 0.717) is 13.1 Å². The van der Waals surface area contributed by atoms with Gasteiger partial charge in [0.1, 0.15) is 5.82 Å². The van der Waals surface area contributed by atoms with E-state index in [4.69, 9.17) is 5.84 Å². The molecule has 4 nitrogen and oxygen atoms in total. The SMILES string of the molecule is CN(Cc1cccc(F)c1)CC(C)(C)C(=O)NN. The molecule has 0 bridgehead atoms. The summed E-state index contributed by atoms with van der Waals surface area (Å²) in [5.41, 5.74) is 2.45. The highest BCUT2D eigenvalue weighted by atomic mass is 19.1. The van der Waals surface area contributed by atoms with Crippen LogP contribution in [-0.4, -0.2) is 24.4 Å². The quantitative estimate of drug-likeness (QED) is 0.472. The molecule has 1 amide bonds. The molecule has 0 aliphatic heterocycles. The third-order valence-corrected chi connectivity index (χ3v) is 2.75. The zero-order valence-electron chi connectivity index (χ0n) is 11.0. The fraction of sp³-hybridized carbons (Fsp3) is 0.462. The van der Waals surface area contributed by atoms with Gasteiger partial charge in [-0.25, -0.2) is 10.2 Å². The molecule has 3 N–H and O–H groups in total. The Morgan fingerprint density at radius 1 is 1.50 bits per heavy atom. The lowest BCUT2D eigenvalue weighted by Gasteiger charge is -2.28. The second-order valence-electron chi connectivity index (χ2n) is 5.16. The van der Waals surface area contributed by atoms with Crippen LogP contribution in [0.5, 0.6) is 0 Å². The molecule has 0 saturated carbocycles. The predicted molar refractivity (Wildman–Crippen MR) is 68.8 cm³/mol. The van der Waals surface area contributed by atoms with E-state index in [-0.39, 0.29) is 11.7 Å². The van der Waals surface area contributed by atoms with Crippen LogP contribution in [0.2, 0.25) is 0 Å². The molecule has 0 radical (unpaired) electrons. The molecule has 0 aliphatic carbocycles. The smallest absolute Gasteiger partial charge is 0.240 e. The third-order valence-electron chi connectivity index (χ3n) is 2.75. The standard InChI is InChI=1S/C13H20FN3O/c1-13(2,12(18)16-15)9-17(3)8-10-5-4-6-11(14)7-10/h4-7H,8-9,15H2,1-3H3,(H,16,18). The van der Waals surface area contributed by atoms with E-state index < -0.39 is 5.41 Å². The number of halogens is 1. The molecule has 0 unspecified atom stereocenters. The van der Waals surface area contributed by atoms with Crippen LogP contribution in [0, 0.1) is 11.2 Å². The fourth-order valence-corrected chi connectivity index (χ4v) is 1.94. The molecule has 5 heteroatoms. The number of carbonyl (C=O) groups excluding carboxylic acids is 1. The van der Waals surface area contributed by atoms with Crippen molar-refractivity contribution in [3.8, 4) is 0 Å². The fourth-order valence-electron chi connectivity index (χ4n) is 1.94. The highest BCUT2D eigenvalue weighted by Crippen LogP contribution is 2.17. The molecule has 0 atom stereocenters. The highest BCUT2D eigenvalue weighted by molar-refractivity contribution is 5.81. The number of hydrogen-bond donors (Lipinski definition) is 2. The van der Waals surface area contributed by atoms with Crippen molar-refractivity contribution < 1.29 is 9.18 Å². The molecule has 0 saturated heterocycles. The number of nitrogens with one attached hydrogen (secondary N) is 1. The van der Waals surface area contributed by atoms with Gasteiger partial charge in [0.2, 0.25) is 5.91 Å². The monoisotopic (exact) mass is 253 g/mol. The van der Waals surface area contributed by atoms with E-state index in [1.165, 1.54) is 12.1 Å². The normalized spacial score (nSPS) is 11.7. The molecule has 1 aromatic rings. The summed E-state index contributed by atoms with van der Waals surface area (Å²) >= 11 is 0. The summed E-state index contributed by atoms with van der Waals surface area (Å²) in [4.78, 5) is 13.5. The molecule has 0 fully saturated rings. The Hall–Kier alpha value is -1.46. The van der Waals surface area contributed by atoms with Crippen LogP contribution < -0.4 is 11.3 Å². The summed E-state index contributed by atoms with van der Waals surface area (Å²) in [6, 6.07) is 6.44. The molecular weight excluding hydrogens is 233 g/mol. The lowest BCUT2D eigenvalue weighted by molar-refractivity contribution is -0.130. The molecule has 0 aromatic heterocycles. The van der Waals surface area contributed by atoms with E-state index in [2.05, 4.69) is 5.43 Å². The first kappa shape index (κ1) is 14.6. The first-order chi connectivity index (χ1) is 8.35. The van der Waals surface area contributed by atoms with Gasteiger partial charge >= 0.3 is 0 Å². The Labute approximate surface area is 107 Å². The molecule has 1 rings (SSSR count). The Bertz CT molecular complexity index is 420. The van der Waals surface area contributed by atoms with Gasteiger partial charge < -0.3 is 4.90 Å². The van der Waals surface area contributed by atoms with E-state index >= 15 is 0 Å². The average Bonchev–Trinajstić information content (AvgIpc) is 2.26. The summed E-state index contributed by atoms with van der Waals surface area (Å²) in [7, 11) is 1.89. The van der Waals surface area contributed by atoms with Crippen molar-refractivity contribution in [1.82, 2.24) is 10.3 Å². The minimum absolute atomic E-state index is 0.214. The van der Waals surface area contributed by atoms with Crippen molar-refractivity contribution in [3.63, 3.8) is 0 Å². The summed E-state index contributed by atoms with van der Waals surface area (Å²) < 4.78 is 13.0. The second kappa shape index (κ2) is 5.93. The van der Waals surface area contributed by atoms with Crippen LogP contribution in [0.15, 0.2) is 24.3 Å². The first-order valence-electron chi connectivity index (χ1n) is 5.79. The number of nitrogens with zero attached hydrogens (tertiary/aromatic N) is 1. The molecular formula is C13H20FN3O. The van der Waals surface area contributed by atoms with Crippen LogP contribution in [0.25, 0.3) is 0 Å². The van der Waals surface area contributed by atoms with Crippen molar-refractivity contribution in [1.29, 1.82) is 0 Å². The number of amides is 1. The largest absolute Gasteiger partial charge is 0.301 e. The number of rotatable bonds is 5.